The van der Waals surface area contributed by atoms with Crippen LogP contribution in [0.3, 0.4) is 0 Å². The largest absolute Gasteiger partial charge is 0.478 e. The monoisotopic (exact) mass is 606 g/mol. The van der Waals surface area contributed by atoms with Crippen LogP contribution in [0.4, 0.5) is 0 Å². The average molecular weight is 607 g/mol. The summed E-state index contributed by atoms with van der Waals surface area (Å²) in [7, 11) is 0. The van der Waals surface area contributed by atoms with E-state index in [-0.39, 0.29) is 17.6 Å². The van der Waals surface area contributed by atoms with Gasteiger partial charge in [-0.2, -0.15) is 0 Å². The molecule has 1 aromatic rings. The molecule has 0 saturated heterocycles. The first-order valence-electron chi connectivity index (χ1n) is 11.9. The van der Waals surface area contributed by atoms with Crippen molar-refractivity contribution in [2.24, 2.45) is 22.7 Å². The quantitative estimate of drug-likeness (QED) is 0.195. The number of carboxylic acids is 1. The molecule has 0 spiro atoms. The highest BCUT2D eigenvalue weighted by molar-refractivity contribution is 14.1. The second kappa shape index (κ2) is 8.04. The standard InChI is InChI=1S/C28H28ClIO5/c1-16-13-22-21-8-7-18-15-20(31)9-10-25(18,2)27(21,29)12-11-26(22,3)28(16,24(33)34)35-23(32)17-5-4-6-19(30)14-17/h4-6,9-10,13-15,21-22H,7-8,11-12H2,1-3H3,(H,33,34)/t21-,22-,25-,26-,27+,28-/m0/s1. The molecule has 0 radical (unpaired) electrons. The van der Waals surface area contributed by atoms with E-state index < -0.39 is 33.2 Å². The van der Waals surface area contributed by atoms with Gasteiger partial charge in [-0.05, 0) is 103 Å². The van der Waals surface area contributed by atoms with Crippen molar-refractivity contribution in [3.63, 3.8) is 0 Å². The number of esters is 1. The summed E-state index contributed by atoms with van der Waals surface area (Å²) in [5.74, 6) is -2.02. The molecule has 0 aliphatic heterocycles. The number of aliphatic carboxylic acids is 1. The van der Waals surface area contributed by atoms with E-state index in [4.69, 9.17) is 16.3 Å². The van der Waals surface area contributed by atoms with E-state index in [0.29, 0.717) is 24.0 Å². The zero-order chi connectivity index (χ0) is 25.4. The van der Waals surface area contributed by atoms with Crippen LogP contribution >= 0.6 is 34.2 Å². The second-order valence-electron chi connectivity index (χ2n) is 10.8. The molecule has 4 aliphatic rings. The molecule has 0 unspecified atom stereocenters. The Labute approximate surface area is 223 Å². The lowest BCUT2D eigenvalue weighted by atomic mass is 9.46. The van der Waals surface area contributed by atoms with Gasteiger partial charge < -0.3 is 9.84 Å². The number of hydrogen-bond acceptors (Lipinski definition) is 4. The van der Waals surface area contributed by atoms with E-state index in [9.17, 15) is 19.5 Å². The lowest BCUT2D eigenvalue weighted by molar-refractivity contribution is -0.176. The Morgan fingerprint density at radius 2 is 1.97 bits per heavy atom. The maximum Gasteiger partial charge on any atom is 0.353 e. The first-order chi connectivity index (χ1) is 16.4. The van der Waals surface area contributed by atoms with Gasteiger partial charge in [0.25, 0.3) is 0 Å². The third-order valence-corrected chi connectivity index (χ3v) is 10.8. The number of hydrogen-bond donors (Lipinski definition) is 1. The Morgan fingerprint density at radius 3 is 2.66 bits per heavy atom. The molecule has 0 heterocycles. The Morgan fingerprint density at radius 1 is 1.23 bits per heavy atom. The van der Waals surface area contributed by atoms with Gasteiger partial charge in [0.2, 0.25) is 5.60 Å². The highest BCUT2D eigenvalue weighted by atomic mass is 127. The molecule has 1 N–H and O–H groups in total. The van der Waals surface area contributed by atoms with E-state index >= 15 is 0 Å². The SMILES string of the molecule is CC1=C[C@H]2[C@@H]3CCC4=CC(=O)C=C[C@]4(C)[C@@]3(Cl)CC[C@]2(C)[C@@]1(OC(=O)c1cccc(I)c1)C(=O)O. The third kappa shape index (κ3) is 3.21. The number of carbonyl (C=O) groups is 3. The third-order valence-electron chi connectivity index (χ3n) is 9.31. The lowest BCUT2D eigenvalue weighted by Crippen LogP contribution is -2.64. The first kappa shape index (κ1) is 24.8. The van der Waals surface area contributed by atoms with E-state index in [1.165, 1.54) is 0 Å². The van der Waals surface area contributed by atoms with Gasteiger partial charge in [0.05, 0.1) is 10.4 Å². The minimum absolute atomic E-state index is 0.0131. The Bertz CT molecular complexity index is 1250. The van der Waals surface area contributed by atoms with Crippen molar-refractivity contribution in [1.29, 1.82) is 0 Å². The summed E-state index contributed by atoms with van der Waals surface area (Å²) < 4.78 is 6.89. The summed E-state index contributed by atoms with van der Waals surface area (Å²) >= 11 is 9.63. The van der Waals surface area contributed by atoms with Crippen LogP contribution in [0.2, 0.25) is 0 Å². The van der Waals surface area contributed by atoms with Gasteiger partial charge in [-0.1, -0.05) is 37.6 Å². The predicted molar refractivity (Wildman–Crippen MR) is 141 cm³/mol. The smallest absolute Gasteiger partial charge is 0.353 e. The Kier molecular flexibility index (Phi) is 5.68. The van der Waals surface area contributed by atoms with Crippen LogP contribution in [0.15, 0.2) is 59.7 Å². The van der Waals surface area contributed by atoms with Crippen LogP contribution in [0.1, 0.15) is 56.8 Å². The fraction of sp³-hybridized carbons (Fsp3) is 0.464. The first-order valence-corrected chi connectivity index (χ1v) is 13.4. The number of carboxylic acid groups (broad SMARTS) is 1. The van der Waals surface area contributed by atoms with Crippen LogP contribution < -0.4 is 0 Å². The number of carbonyl (C=O) groups excluding carboxylic acids is 2. The number of fused-ring (bicyclic) bond motifs is 5. The summed E-state index contributed by atoms with van der Waals surface area (Å²) in [6.07, 6.45) is 9.76. The number of halogens is 2. The minimum atomic E-state index is -1.77. The van der Waals surface area contributed by atoms with E-state index in [2.05, 4.69) is 29.5 Å². The maximum absolute atomic E-state index is 13.2. The molecule has 4 aliphatic carbocycles. The zero-order valence-corrected chi connectivity index (χ0v) is 22.9. The molecule has 2 fully saturated rings. The van der Waals surface area contributed by atoms with E-state index in [0.717, 1.165) is 22.0 Å². The molecule has 5 rings (SSSR count). The van der Waals surface area contributed by atoms with Crippen LogP contribution in [-0.4, -0.2) is 33.3 Å². The van der Waals surface area contributed by atoms with E-state index in [1.807, 2.05) is 25.1 Å². The van der Waals surface area contributed by atoms with Crippen molar-refractivity contribution in [1.82, 2.24) is 0 Å². The summed E-state index contributed by atoms with van der Waals surface area (Å²) in [6.45, 7) is 5.78. The van der Waals surface area contributed by atoms with Crippen molar-refractivity contribution >= 4 is 51.9 Å². The van der Waals surface area contributed by atoms with Gasteiger partial charge in [-0.25, -0.2) is 9.59 Å². The van der Waals surface area contributed by atoms with Crippen molar-refractivity contribution in [3.05, 3.63) is 68.8 Å². The van der Waals surface area contributed by atoms with Crippen molar-refractivity contribution in [2.45, 2.75) is 56.9 Å². The summed E-state index contributed by atoms with van der Waals surface area (Å²) in [5, 5.41) is 10.6. The molecule has 1 aromatic carbocycles. The molecule has 0 bridgehead atoms. The summed E-state index contributed by atoms with van der Waals surface area (Å²) in [4.78, 5) is 37.6. The normalized spacial score (nSPS) is 39.6. The van der Waals surface area contributed by atoms with Crippen LogP contribution in [0, 0.1) is 26.2 Å². The number of rotatable bonds is 3. The number of alkyl halides is 1. The van der Waals surface area contributed by atoms with Crippen LogP contribution in [0.5, 0.6) is 0 Å². The van der Waals surface area contributed by atoms with Crippen LogP contribution in [0.25, 0.3) is 0 Å². The lowest BCUT2D eigenvalue weighted by Gasteiger charge is -2.62. The second-order valence-corrected chi connectivity index (χ2v) is 12.7. The van der Waals surface area contributed by atoms with Gasteiger partial charge in [-0.15, -0.1) is 11.6 Å². The van der Waals surface area contributed by atoms with Gasteiger partial charge in [0.1, 0.15) is 0 Å². The molecule has 2 saturated carbocycles. The molecular weight excluding hydrogens is 579 g/mol. The zero-order valence-electron chi connectivity index (χ0n) is 19.9. The van der Waals surface area contributed by atoms with E-state index in [1.54, 1.807) is 37.3 Å². The molecule has 7 heteroatoms. The predicted octanol–water partition coefficient (Wildman–Crippen LogP) is 6.11. The molecule has 0 amide bonds. The maximum atomic E-state index is 13.2. The summed E-state index contributed by atoms with van der Waals surface area (Å²) in [5.41, 5.74) is -1.19. The number of ketones is 1. The summed E-state index contributed by atoms with van der Waals surface area (Å²) in [6, 6.07) is 6.96. The number of benzene rings is 1. The van der Waals surface area contributed by atoms with Gasteiger partial charge in [0.15, 0.2) is 5.78 Å². The highest BCUT2D eigenvalue weighted by Crippen LogP contribution is 2.70. The Hall–Kier alpha value is -1.93. The highest BCUT2D eigenvalue weighted by Gasteiger charge is 2.72. The molecule has 6 atom stereocenters. The average Bonchev–Trinajstić information content (AvgIpc) is 3.02. The molecule has 184 valence electrons. The molecule has 0 aromatic heterocycles. The number of ether oxygens (including phenoxy) is 1. The Balaban J connectivity index is 1.56. The van der Waals surface area contributed by atoms with Crippen LogP contribution in [-0.2, 0) is 14.3 Å². The number of allylic oxidation sites excluding steroid dienone is 5. The fourth-order valence-electron chi connectivity index (χ4n) is 7.36. The van der Waals surface area contributed by atoms with Gasteiger partial charge in [0, 0.05) is 14.4 Å². The van der Waals surface area contributed by atoms with Crippen molar-refractivity contribution in [2.75, 3.05) is 0 Å². The molecule has 5 nitrogen and oxygen atoms in total. The fourth-order valence-corrected chi connectivity index (χ4v) is 8.43. The molecular formula is C28H28ClIO5. The topological polar surface area (TPSA) is 80.7 Å². The van der Waals surface area contributed by atoms with Gasteiger partial charge >= 0.3 is 11.9 Å². The van der Waals surface area contributed by atoms with Crippen molar-refractivity contribution in [3.8, 4) is 0 Å². The molecule has 35 heavy (non-hydrogen) atoms. The minimum Gasteiger partial charge on any atom is -0.478 e. The van der Waals surface area contributed by atoms with Crippen molar-refractivity contribution < 1.29 is 24.2 Å². The van der Waals surface area contributed by atoms with Gasteiger partial charge in [-0.3, -0.25) is 4.79 Å².